The molecule has 21 heavy (non-hydrogen) atoms. The molecule has 1 heterocycles. The van der Waals surface area contributed by atoms with Crippen molar-refractivity contribution in [3.63, 3.8) is 0 Å². The number of carbonyl (C=O) groups is 1. The molecule has 1 aromatic heterocycles. The van der Waals surface area contributed by atoms with Crippen molar-refractivity contribution >= 4 is 5.97 Å². The lowest BCUT2D eigenvalue weighted by molar-refractivity contribution is 0.0684. The van der Waals surface area contributed by atoms with Crippen molar-refractivity contribution in [2.75, 3.05) is 0 Å². The summed E-state index contributed by atoms with van der Waals surface area (Å²) in [6, 6.07) is 8.88. The molecule has 0 aliphatic carbocycles. The number of aryl methyl sites for hydroxylation is 1. The first-order valence-electron chi connectivity index (χ1n) is 6.03. The Labute approximate surface area is 120 Å². The third kappa shape index (κ3) is 3.34. The van der Waals surface area contributed by atoms with E-state index in [9.17, 15) is 9.18 Å². The molecule has 0 aliphatic rings. The molecule has 0 saturated carbocycles. The predicted molar refractivity (Wildman–Crippen MR) is 71.4 cm³/mol. The molecule has 0 radical (unpaired) electrons. The molecule has 0 atom stereocenters. The molecule has 0 unspecified atom stereocenters. The topological polar surface area (TPSA) is 83.2 Å². The fourth-order valence-electron chi connectivity index (χ4n) is 1.72. The van der Waals surface area contributed by atoms with Crippen LogP contribution in [0.5, 0.6) is 5.75 Å². The van der Waals surface area contributed by atoms with Crippen LogP contribution in [0.15, 0.2) is 30.3 Å². The van der Waals surface area contributed by atoms with E-state index in [0.717, 1.165) is 0 Å². The molecule has 0 amide bonds. The third-order valence-electron chi connectivity index (χ3n) is 2.75. The maximum Gasteiger partial charge on any atom is 0.358 e. The summed E-state index contributed by atoms with van der Waals surface area (Å²) < 4.78 is 18.6. The van der Waals surface area contributed by atoms with Crippen LogP contribution in [0.2, 0.25) is 0 Å². The molecular weight excluding hydrogens is 275 g/mol. The summed E-state index contributed by atoms with van der Waals surface area (Å²) in [7, 11) is 0. The zero-order valence-corrected chi connectivity index (χ0v) is 11.1. The number of benzene rings is 1. The molecule has 0 aliphatic heterocycles. The first-order chi connectivity index (χ1) is 10.0. The van der Waals surface area contributed by atoms with E-state index in [1.54, 1.807) is 19.1 Å². The minimum atomic E-state index is -1.19. The average molecular weight is 286 g/mol. The summed E-state index contributed by atoms with van der Waals surface area (Å²) >= 11 is 0. The molecule has 6 heteroatoms. The van der Waals surface area contributed by atoms with Crippen LogP contribution in [0.1, 0.15) is 27.3 Å². The van der Waals surface area contributed by atoms with E-state index < -0.39 is 11.8 Å². The largest absolute Gasteiger partial charge is 0.486 e. The number of carboxylic acid groups (broad SMARTS) is 1. The van der Waals surface area contributed by atoms with E-state index in [0.29, 0.717) is 11.3 Å². The van der Waals surface area contributed by atoms with E-state index >= 15 is 0 Å². The smallest absolute Gasteiger partial charge is 0.358 e. The van der Waals surface area contributed by atoms with Gasteiger partial charge in [-0.2, -0.15) is 5.26 Å². The highest BCUT2D eigenvalue weighted by molar-refractivity contribution is 5.88. The summed E-state index contributed by atoms with van der Waals surface area (Å²) in [6.45, 7) is 1.69. The molecule has 106 valence electrons. The van der Waals surface area contributed by atoms with Crippen LogP contribution in [0, 0.1) is 24.1 Å². The third-order valence-corrected chi connectivity index (χ3v) is 2.75. The minimum absolute atomic E-state index is 0.0139. The molecule has 0 fully saturated rings. The first kappa shape index (κ1) is 14.5. The predicted octanol–water partition coefficient (Wildman–Crippen LogP) is 2.68. The number of aromatic carboxylic acids is 1. The number of ether oxygens (including phenoxy) is 1. The van der Waals surface area contributed by atoms with Crippen LogP contribution in [0.25, 0.3) is 0 Å². The fraction of sp³-hybridized carbons (Fsp3) is 0.133. The van der Waals surface area contributed by atoms with Gasteiger partial charge in [-0.3, -0.25) is 0 Å². The second kappa shape index (κ2) is 6.01. The first-order valence-corrected chi connectivity index (χ1v) is 6.03. The number of hydrogen-bond acceptors (Lipinski definition) is 4. The van der Waals surface area contributed by atoms with Gasteiger partial charge in [0.15, 0.2) is 11.4 Å². The second-order valence-corrected chi connectivity index (χ2v) is 4.32. The van der Waals surface area contributed by atoms with Crippen molar-refractivity contribution in [1.82, 2.24) is 4.98 Å². The van der Waals surface area contributed by atoms with Gasteiger partial charge >= 0.3 is 5.97 Å². The molecule has 0 saturated heterocycles. The minimum Gasteiger partial charge on any atom is -0.486 e. The van der Waals surface area contributed by atoms with Crippen LogP contribution in [0.3, 0.4) is 0 Å². The summed E-state index contributed by atoms with van der Waals surface area (Å²) in [4.78, 5) is 15.0. The van der Waals surface area contributed by atoms with E-state index in [1.807, 2.05) is 0 Å². The Bertz CT molecular complexity index is 738. The number of pyridine rings is 1. The number of rotatable bonds is 4. The second-order valence-electron chi connectivity index (χ2n) is 4.32. The van der Waals surface area contributed by atoms with E-state index in [2.05, 4.69) is 4.98 Å². The zero-order chi connectivity index (χ0) is 15.4. The van der Waals surface area contributed by atoms with Gasteiger partial charge < -0.3 is 9.84 Å². The highest BCUT2D eigenvalue weighted by atomic mass is 19.1. The van der Waals surface area contributed by atoms with E-state index in [4.69, 9.17) is 15.1 Å². The monoisotopic (exact) mass is 286 g/mol. The maximum atomic E-state index is 13.2. The van der Waals surface area contributed by atoms with Gasteiger partial charge in [-0.15, -0.1) is 0 Å². The Morgan fingerprint density at radius 2 is 2.19 bits per heavy atom. The van der Waals surface area contributed by atoms with Crippen molar-refractivity contribution in [3.8, 4) is 11.8 Å². The van der Waals surface area contributed by atoms with Crippen LogP contribution in [-0.4, -0.2) is 16.1 Å². The normalized spacial score (nSPS) is 9.95. The van der Waals surface area contributed by atoms with Gasteiger partial charge in [-0.25, -0.2) is 14.2 Å². The molecule has 5 nitrogen and oxygen atoms in total. The van der Waals surface area contributed by atoms with Gasteiger partial charge in [0, 0.05) is 5.69 Å². The lowest BCUT2D eigenvalue weighted by Gasteiger charge is -2.09. The number of carboxylic acids is 1. The highest BCUT2D eigenvalue weighted by Gasteiger charge is 2.14. The Hall–Kier alpha value is -2.94. The highest BCUT2D eigenvalue weighted by Crippen LogP contribution is 2.19. The molecule has 0 bridgehead atoms. The van der Waals surface area contributed by atoms with Crippen molar-refractivity contribution in [3.05, 3.63) is 58.7 Å². The number of hydrogen-bond donors (Lipinski definition) is 1. The van der Waals surface area contributed by atoms with Crippen LogP contribution in [-0.2, 0) is 6.61 Å². The van der Waals surface area contributed by atoms with Gasteiger partial charge in [0.1, 0.15) is 18.5 Å². The Balaban J connectivity index is 2.21. The SMILES string of the molecule is Cc1ccc(OCc2ccc(F)c(C#N)c2)c(C(=O)O)n1. The Morgan fingerprint density at radius 1 is 1.43 bits per heavy atom. The van der Waals surface area contributed by atoms with Gasteiger partial charge in [-0.05, 0) is 36.8 Å². The van der Waals surface area contributed by atoms with Crippen LogP contribution in [0.4, 0.5) is 4.39 Å². The van der Waals surface area contributed by atoms with Crippen molar-refractivity contribution in [1.29, 1.82) is 5.26 Å². The Kier molecular flexibility index (Phi) is 4.14. The lowest BCUT2D eigenvalue weighted by atomic mass is 10.1. The Morgan fingerprint density at radius 3 is 2.86 bits per heavy atom. The van der Waals surface area contributed by atoms with Gasteiger partial charge in [0.25, 0.3) is 0 Å². The molecule has 2 aromatic rings. The van der Waals surface area contributed by atoms with E-state index in [1.165, 1.54) is 24.3 Å². The average Bonchev–Trinajstić information content (AvgIpc) is 2.47. The molecular formula is C15H11FN2O3. The van der Waals surface area contributed by atoms with Crippen LogP contribution < -0.4 is 4.74 Å². The van der Waals surface area contributed by atoms with Crippen molar-refractivity contribution in [2.45, 2.75) is 13.5 Å². The molecule has 0 spiro atoms. The summed E-state index contributed by atoms with van der Waals surface area (Å²) in [5.41, 5.74) is 0.854. The summed E-state index contributed by atoms with van der Waals surface area (Å²) in [5.74, 6) is -1.68. The van der Waals surface area contributed by atoms with Crippen molar-refractivity contribution in [2.24, 2.45) is 0 Å². The molecule has 1 aromatic carbocycles. The number of aromatic nitrogens is 1. The number of nitriles is 1. The summed E-state index contributed by atoms with van der Waals surface area (Å²) in [5, 5.41) is 17.8. The van der Waals surface area contributed by atoms with E-state index in [-0.39, 0.29) is 23.6 Å². The zero-order valence-electron chi connectivity index (χ0n) is 11.1. The summed E-state index contributed by atoms with van der Waals surface area (Å²) in [6.07, 6.45) is 0. The van der Waals surface area contributed by atoms with Crippen LogP contribution >= 0.6 is 0 Å². The van der Waals surface area contributed by atoms with Crippen molar-refractivity contribution < 1.29 is 19.0 Å². The van der Waals surface area contributed by atoms with Gasteiger partial charge in [0.05, 0.1) is 5.56 Å². The number of halogens is 1. The molecule has 2 rings (SSSR count). The van der Waals surface area contributed by atoms with Gasteiger partial charge in [-0.1, -0.05) is 6.07 Å². The molecule has 1 N–H and O–H groups in total. The van der Waals surface area contributed by atoms with Gasteiger partial charge in [0.2, 0.25) is 0 Å². The standard InChI is InChI=1S/C15H11FN2O3/c1-9-2-5-13(14(18-9)15(19)20)21-8-10-3-4-12(16)11(6-10)7-17/h2-6H,8H2,1H3,(H,19,20). The number of nitrogens with zero attached hydrogens (tertiary/aromatic N) is 2. The quantitative estimate of drug-likeness (QED) is 0.934. The lowest BCUT2D eigenvalue weighted by Crippen LogP contribution is -2.07. The maximum absolute atomic E-state index is 13.2. The fourth-order valence-corrected chi connectivity index (χ4v) is 1.72.